The molecule has 124 valence electrons. The van der Waals surface area contributed by atoms with Crippen LogP contribution in [-0.2, 0) is 9.59 Å². The number of hydrogen-bond acceptors (Lipinski definition) is 6. The van der Waals surface area contributed by atoms with Gasteiger partial charge in [0.2, 0.25) is 0 Å². The highest BCUT2D eigenvalue weighted by molar-refractivity contribution is 8.26. The minimum atomic E-state index is -0.994. The molecule has 1 heterocycles. The molecule has 0 saturated carbocycles. The van der Waals surface area contributed by atoms with Gasteiger partial charge in [0, 0.05) is 18.7 Å². The van der Waals surface area contributed by atoms with E-state index in [0.29, 0.717) is 9.23 Å². The molecule has 1 fully saturated rings. The Balaban J connectivity index is 2.03. The molecule has 1 aromatic rings. The van der Waals surface area contributed by atoms with Gasteiger partial charge < -0.3 is 5.11 Å². The lowest BCUT2D eigenvalue weighted by Crippen LogP contribution is -2.30. The van der Waals surface area contributed by atoms with Gasteiger partial charge >= 0.3 is 5.97 Å². The second-order valence-corrected chi connectivity index (χ2v) is 6.38. The number of carbonyl (C=O) groups is 2. The maximum Gasteiger partial charge on any atom is 0.305 e. The van der Waals surface area contributed by atoms with Crippen molar-refractivity contribution in [3.05, 3.63) is 57.0 Å². The molecule has 0 spiro atoms. The minimum Gasteiger partial charge on any atom is -0.481 e. The predicted octanol–water partition coefficient (Wildman–Crippen LogP) is 2.83. The number of nitrogens with zero attached hydrogens (tertiary/aromatic N) is 2. The largest absolute Gasteiger partial charge is 0.481 e. The summed E-state index contributed by atoms with van der Waals surface area (Å²) in [5.74, 6) is -1.31. The third-order valence-corrected chi connectivity index (χ3v) is 4.46. The van der Waals surface area contributed by atoms with Crippen molar-refractivity contribution in [2.75, 3.05) is 6.54 Å². The average Bonchev–Trinajstić information content (AvgIpc) is 2.80. The molecule has 1 saturated heterocycles. The first-order valence-electron chi connectivity index (χ1n) is 6.77. The second kappa shape index (κ2) is 7.84. The topological polar surface area (TPSA) is 101 Å². The van der Waals surface area contributed by atoms with Crippen molar-refractivity contribution in [1.82, 2.24) is 4.90 Å². The summed E-state index contributed by atoms with van der Waals surface area (Å²) in [6.45, 7) is 0.0450. The molecule has 0 aromatic heterocycles. The Labute approximate surface area is 146 Å². The lowest BCUT2D eigenvalue weighted by Gasteiger charge is -2.12. The van der Waals surface area contributed by atoms with Crippen molar-refractivity contribution in [2.24, 2.45) is 0 Å². The summed E-state index contributed by atoms with van der Waals surface area (Å²) in [6, 6.07) is 5.98. The van der Waals surface area contributed by atoms with Crippen LogP contribution in [-0.4, -0.2) is 37.7 Å². The van der Waals surface area contributed by atoms with Gasteiger partial charge in [0.1, 0.15) is 4.32 Å². The van der Waals surface area contributed by atoms with Gasteiger partial charge in [-0.15, -0.1) is 0 Å². The van der Waals surface area contributed by atoms with E-state index in [4.69, 9.17) is 17.3 Å². The summed E-state index contributed by atoms with van der Waals surface area (Å²) in [5.41, 5.74) is 0.754. The van der Waals surface area contributed by atoms with Crippen LogP contribution in [0.15, 0.2) is 41.3 Å². The van der Waals surface area contributed by atoms with Crippen LogP contribution in [0.5, 0.6) is 0 Å². The Kier molecular flexibility index (Phi) is 5.83. The number of nitro benzene ring substituents is 1. The maximum atomic E-state index is 12.1. The number of carbonyl (C=O) groups excluding carboxylic acids is 1. The summed E-state index contributed by atoms with van der Waals surface area (Å²) in [6.07, 6.45) is 4.76. The van der Waals surface area contributed by atoms with Crippen molar-refractivity contribution < 1.29 is 19.6 Å². The monoisotopic (exact) mass is 364 g/mol. The van der Waals surface area contributed by atoms with E-state index in [1.807, 2.05) is 0 Å². The molecule has 7 nitrogen and oxygen atoms in total. The first-order chi connectivity index (χ1) is 11.4. The van der Waals surface area contributed by atoms with E-state index < -0.39 is 10.9 Å². The summed E-state index contributed by atoms with van der Waals surface area (Å²) in [4.78, 5) is 34.5. The number of hydrogen-bond donors (Lipinski definition) is 1. The van der Waals surface area contributed by atoms with Crippen LogP contribution in [0.2, 0.25) is 0 Å². The zero-order chi connectivity index (χ0) is 17.7. The fourth-order valence-electron chi connectivity index (χ4n) is 1.87. The van der Waals surface area contributed by atoms with Gasteiger partial charge in [-0.3, -0.25) is 24.6 Å². The van der Waals surface area contributed by atoms with Crippen molar-refractivity contribution in [1.29, 1.82) is 0 Å². The standard InChI is InChI=1S/C15H12N2O5S2/c18-13(19)8-9-16-14(20)12(24-15(16)23)3-1-2-10-4-6-11(7-5-10)17(21)22/h1-7H,8-9H2,(H,18,19)/b2-1+,12-3-. The molecule has 24 heavy (non-hydrogen) atoms. The summed E-state index contributed by atoms with van der Waals surface area (Å²) in [7, 11) is 0. The number of benzene rings is 1. The Morgan fingerprint density at radius 2 is 2.04 bits per heavy atom. The van der Waals surface area contributed by atoms with E-state index in [-0.39, 0.29) is 24.6 Å². The quantitative estimate of drug-likeness (QED) is 0.358. The number of rotatable bonds is 6. The van der Waals surface area contributed by atoms with Crippen molar-refractivity contribution in [3.63, 3.8) is 0 Å². The molecule has 1 aliphatic heterocycles. The molecular formula is C15H12N2O5S2. The third-order valence-electron chi connectivity index (χ3n) is 3.06. The Morgan fingerprint density at radius 3 is 2.62 bits per heavy atom. The first kappa shape index (κ1) is 17.8. The van der Waals surface area contributed by atoms with E-state index in [9.17, 15) is 19.7 Å². The normalized spacial score (nSPS) is 16.3. The van der Waals surface area contributed by atoms with Gasteiger partial charge in [-0.25, -0.2) is 0 Å². The molecule has 0 atom stereocenters. The first-order valence-corrected chi connectivity index (χ1v) is 7.99. The Hall–Kier alpha value is -2.52. The highest BCUT2D eigenvalue weighted by Gasteiger charge is 2.31. The Bertz CT molecular complexity index is 756. The lowest BCUT2D eigenvalue weighted by atomic mass is 10.2. The van der Waals surface area contributed by atoms with Crippen LogP contribution < -0.4 is 0 Å². The molecule has 1 aliphatic rings. The van der Waals surface area contributed by atoms with Crippen LogP contribution in [0, 0.1) is 10.1 Å². The molecule has 0 bridgehead atoms. The van der Waals surface area contributed by atoms with E-state index in [0.717, 1.165) is 17.3 Å². The molecule has 0 aliphatic carbocycles. The number of non-ortho nitro benzene ring substituents is 1. The molecule has 0 radical (unpaired) electrons. The van der Waals surface area contributed by atoms with Gasteiger partial charge in [0.05, 0.1) is 16.2 Å². The van der Waals surface area contributed by atoms with Gasteiger partial charge in [-0.2, -0.15) is 0 Å². The fraction of sp³-hybridized carbons (Fsp3) is 0.133. The molecule has 0 unspecified atom stereocenters. The smallest absolute Gasteiger partial charge is 0.305 e. The molecule has 1 N–H and O–H groups in total. The van der Waals surface area contributed by atoms with E-state index >= 15 is 0 Å². The number of amides is 1. The van der Waals surface area contributed by atoms with Crippen LogP contribution in [0.3, 0.4) is 0 Å². The number of nitro groups is 1. The number of thioether (sulfide) groups is 1. The van der Waals surface area contributed by atoms with E-state index in [1.54, 1.807) is 30.4 Å². The van der Waals surface area contributed by atoms with Crippen molar-refractivity contribution >= 4 is 51.9 Å². The summed E-state index contributed by atoms with van der Waals surface area (Å²) in [5, 5.41) is 19.3. The minimum absolute atomic E-state index is 0.00597. The number of thiocarbonyl (C=S) groups is 1. The van der Waals surface area contributed by atoms with Crippen LogP contribution in [0.1, 0.15) is 12.0 Å². The highest BCUT2D eigenvalue weighted by atomic mass is 32.2. The van der Waals surface area contributed by atoms with Gasteiger partial charge in [0.25, 0.3) is 11.6 Å². The Morgan fingerprint density at radius 1 is 1.38 bits per heavy atom. The van der Waals surface area contributed by atoms with Gasteiger partial charge in [-0.05, 0) is 23.8 Å². The van der Waals surface area contributed by atoms with Crippen molar-refractivity contribution in [3.8, 4) is 0 Å². The molecule has 1 aromatic carbocycles. The average molecular weight is 364 g/mol. The number of allylic oxidation sites excluding steroid dienone is 2. The third kappa shape index (κ3) is 4.49. The van der Waals surface area contributed by atoms with Crippen LogP contribution >= 0.6 is 24.0 Å². The number of carboxylic acids is 1. The number of carboxylic acid groups (broad SMARTS) is 1. The number of aliphatic carboxylic acids is 1. The van der Waals surface area contributed by atoms with Crippen LogP contribution in [0.25, 0.3) is 6.08 Å². The maximum absolute atomic E-state index is 12.1. The second-order valence-electron chi connectivity index (χ2n) is 4.71. The zero-order valence-corrected chi connectivity index (χ0v) is 13.9. The molecule has 9 heteroatoms. The predicted molar refractivity (Wildman–Crippen MR) is 94.4 cm³/mol. The van der Waals surface area contributed by atoms with E-state index in [1.165, 1.54) is 17.0 Å². The molecule has 2 rings (SSSR count). The zero-order valence-electron chi connectivity index (χ0n) is 12.2. The molecular weight excluding hydrogens is 352 g/mol. The van der Waals surface area contributed by atoms with E-state index in [2.05, 4.69) is 0 Å². The van der Waals surface area contributed by atoms with Gasteiger partial charge in [0.15, 0.2) is 0 Å². The van der Waals surface area contributed by atoms with Crippen LogP contribution in [0.4, 0.5) is 5.69 Å². The molecule has 1 amide bonds. The SMILES string of the molecule is O=C(O)CCN1C(=O)/C(=C/C=C/c2ccc([N+](=O)[O-])cc2)SC1=S. The summed E-state index contributed by atoms with van der Waals surface area (Å²) < 4.78 is 0.330. The highest BCUT2D eigenvalue weighted by Crippen LogP contribution is 2.31. The lowest BCUT2D eigenvalue weighted by molar-refractivity contribution is -0.384. The fourth-order valence-corrected chi connectivity index (χ4v) is 3.13. The van der Waals surface area contributed by atoms with Gasteiger partial charge in [-0.1, -0.05) is 36.1 Å². The summed E-state index contributed by atoms with van der Waals surface area (Å²) >= 11 is 6.19. The van der Waals surface area contributed by atoms with Crippen molar-refractivity contribution in [2.45, 2.75) is 6.42 Å².